The van der Waals surface area contributed by atoms with Crippen LogP contribution in [0.2, 0.25) is 10.0 Å². The summed E-state index contributed by atoms with van der Waals surface area (Å²) in [6.07, 6.45) is 0.226. The van der Waals surface area contributed by atoms with Gasteiger partial charge in [-0.2, -0.15) is 0 Å². The molecule has 1 heterocycles. The van der Waals surface area contributed by atoms with E-state index in [1.54, 1.807) is 24.1 Å². The first-order valence-electron chi connectivity index (χ1n) is 8.58. The largest absolute Gasteiger partial charge is 0.497 e. The number of ether oxygens (including phenoxy) is 1. The lowest BCUT2D eigenvalue weighted by atomic mass is 10.1. The molecule has 0 aliphatic carbocycles. The number of hydrogen-bond acceptors (Lipinski definition) is 3. The van der Waals surface area contributed by atoms with Crippen LogP contribution in [0.1, 0.15) is 17.5 Å². The summed E-state index contributed by atoms with van der Waals surface area (Å²) in [7, 11) is 1.61. The van der Waals surface area contributed by atoms with Crippen molar-refractivity contribution in [3.8, 4) is 5.75 Å². The fraction of sp³-hybridized carbons (Fsp3) is 0.300. The number of rotatable bonds is 6. The van der Waals surface area contributed by atoms with Crippen molar-refractivity contribution in [3.05, 3.63) is 63.6 Å². The Morgan fingerprint density at radius 2 is 1.85 bits per heavy atom. The average molecular weight is 407 g/mol. The molecule has 2 aromatic rings. The third-order valence-electron chi connectivity index (χ3n) is 4.57. The third kappa shape index (κ3) is 4.93. The Morgan fingerprint density at radius 3 is 2.52 bits per heavy atom. The second-order valence-corrected chi connectivity index (χ2v) is 7.30. The van der Waals surface area contributed by atoms with E-state index in [1.165, 1.54) is 0 Å². The van der Waals surface area contributed by atoms with Crippen molar-refractivity contribution in [1.29, 1.82) is 0 Å². The van der Waals surface area contributed by atoms with Gasteiger partial charge in [-0.05, 0) is 35.4 Å². The molecule has 7 heteroatoms. The van der Waals surface area contributed by atoms with E-state index < -0.39 is 0 Å². The third-order valence-corrected chi connectivity index (χ3v) is 5.31. The SMILES string of the molecule is COc1ccc(CN2C[C@H](C(=O)NCc3ccc(Cl)c(Cl)c3)CC2=O)cc1. The van der Waals surface area contributed by atoms with Crippen molar-refractivity contribution in [3.63, 3.8) is 0 Å². The highest BCUT2D eigenvalue weighted by molar-refractivity contribution is 6.42. The summed E-state index contributed by atoms with van der Waals surface area (Å²) in [5.41, 5.74) is 1.86. The van der Waals surface area contributed by atoms with Crippen LogP contribution >= 0.6 is 23.2 Å². The number of carbonyl (C=O) groups is 2. The fourth-order valence-electron chi connectivity index (χ4n) is 3.04. The lowest BCUT2D eigenvalue weighted by Crippen LogP contribution is -2.32. The van der Waals surface area contributed by atoms with Crippen molar-refractivity contribution in [2.45, 2.75) is 19.5 Å². The van der Waals surface area contributed by atoms with Gasteiger partial charge in [0.1, 0.15) is 5.75 Å². The number of methoxy groups -OCH3 is 1. The van der Waals surface area contributed by atoms with E-state index in [0.717, 1.165) is 16.9 Å². The van der Waals surface area contributed by atoms with Gasteiger partial charge < -0.3 is 15.0 Å². The zero-order valence-electron chi connectivity index (χ0n) is 14.9. The number of carbonyl (C=O) groups excluding carboxylic acids is 2. The maximum Gasteiger partial charge on any atom is 0.225 e. The van der Waals surface area contributed by atoms with Gasteiger partial charge in [-0.1, -0.05) is 41.4 Å². The van der Waals surface area contributed by atoms with Crippen molar-refractivity contribution in [2.24, 2.45) is 5.92 Å². The first-order valence-corrected chi connectivity index (χ1v) is 9.34. The zero-order valence-corrected chi connectivity index (χ0v) is 16.4. The summed E-state index contributed by atoms with van der Waals surface area (Å²) < 4.78 is 5.14. The topological polar surface area (TPSA) is 58.6 Å². The van der Waals surface area contributed by atoms with Gasteiger partial charge in [-0.25, -0.2) is 0 Å². The van der Waals surface area contributed by atoms with Crippen molar-refractivity contribution >= 4 is 35.0 Å². The Labute approximate surface area is 168 Å². The number of nitrogens with one attached hydrogen (secondary N) is 1. The Bertz CT molecular complexity index is 840. The Morgan fingerprint density at radius 1 is 1.15 bits per heavy atom. The molecule has 1 fully saturated rings. The predicted octanol–water partition coefficient (Wildman–Crippen LogP) is 3.67. The zero-order chi connectivity index (χ0) is 19.4. The van der Waals surface area contributed by atoms with Gasteiger partial charge in [-0.15, -0.1) is 0 Å². The molecular weight excluding hydrogens is 387 g/mol. The number of hydrogen-bond donors (Lipinski definition) is 1. The highest BCUT2D eigenvalue weighted by Crippen LogP contribution is 2.24. The van der Waals surface area contributed by atoms with Gasteiger partial charge in [-0.3, -0.25) is 9.59 Å². The first-order chi connectivity index (χ1) is 13.0. The molecule has 0 saturated carbocycles. The second-order valence-electron chi connectivity index (χ2n) is 6.49. The van der Waals surface area contributed by atoms with Crippen molar-refractivity contribution in [1.82, 2.24) is 10.2 Å². The monoisotopic (exact) mass is 406 g/mol. The molecule has 2 amide bonds. The Hall–Kier alpha value is -2.24. The molecule has 0 radical (unpaired) electrons. The molecule has 0 unspecified atom stereocenters. The van der Waals surface area contributed by atoms with Crippen LogP contribution in [0.15, 0.2) is 42.5 Å². The standard InChI is InChI=1S/C20H20Cl2N2O3/c1-27-16-5-2-13(3-6-16)11-24-12-15(9-19(24)25)20(26)23-10-14-4-7-17(21)18(22)8-14/h2-8,15H,9-12H2,1H3,(H,23,26)/t15-/m1/s1. The van der Waals surface area contributed by atoms with Gasteiger partial charge in [0.15, 0.2) is 0 Å². The number of halogens is 2. The van der Waals surface area contributed by atoms with Crippen LogP contribution in [0.25, 0.3) is 0 Å². The predicted molar refractivity (Wildman–Crippen MR) is 105 cm³/mol. The van der Waals surface area contributed by atoms with E-state index >= 15 is 0 Å². The van der Waals surface area contributed by atoms with Crippen molar-refractivity contribution in [2.75, 3.05) is 13.7 Å². The van der Waals surface area contributed by atoms with E-state index in [-0.39, 0.29) is 24.2 Å². The minimum Gasteiger partial charge on any atom is -0.497 e. The lowest BCUT2D eigenvalue weighted by molar-refractivity contribution is -0.129. The molecule has 0 bridgehead atoms. The average Bonchev–Trinajstić information content (AvgIpc) is 3.03. The van der Waals surface area contributed by atoms with Crippen molar-refractivity contribution < 1.29 is 14.3 Å². The smallest absolute Gasteiger partial charge is 0.225 e. The summed E-state index contributed by atoms with van der Waals surface area (Å²) in [5.74, 6) is 0.275. The molecule has 1 atom stereocenters. The van der Waals surface area contributed by atoms with E-state index in [0.29, 0.717) is 29.7 Å². The molecule has 1 aliphatic heterocycles. The fourth-order valence-corrected chi connectivity index (χ4v) is 3.36. The summed E-state index contributed by atoms with van der Waals surface area (Å²) in [5, 5.41) is 3.80. The van der Waals surface area contributed by atoms with Gasteiger partial charge in [0.05, 0.1) is 23.1 Å². The summed E-state index contributed by atoms with van der Waals surface area (Å²) >= 11 is 11.9. The van der Waals surface area contributed by atoms with Crippen LogP contribution in [-0.4, -0.2) is 30.4 Å². The van der Waals surface area contributed by atoms with Crippen LogP contribution in [0.3, 0.4) is 0 Å². The number of amides is 2. The number of likely N-dealkylation sites (tertiary alicyclic amines) is 1. The van der Waals surface area contributed by atoms with Gasteiger partial charge in [0, 0.05) is 26.1 Å². The van der Waals surface area contributed by atoms with Crippen LogP contribution in [-0.2, 0) is 22.7 Å². The van der Waals surface area contributed by atoms with E-state index in [1.807, 2.05) is 30.3 Å². The van der Waals surface area contributed by atoms with Crippen LogP contribution < -0.4 is 10.1 Å². The van der Waals surface area contributed by atoms with Crippen LogP contribution in [0.5, 0.6) is 5.75 Å². The highest BCUT2D eigenvalue weighted by Gasteiger charge is 2.34. The maximum absolute atomic E-state index is 12.4. The molecule has 2 aromatic carbocycles. The molecule has 0 aromatic heterocycles. The number of benzene rings is 2. The second kappa shape index (κ2) is 8.63. The lowest BCUT2D eigenvalue weighted by Gasteiger charge is -2.17. The van der Waals surface area contributed by atoms with E-state index in [2.05, 4.69) is 5.32 Å². The molecule has 142 valence electrons. The summed E-state index contributed by atoms with van der Waals surface area (Å²) in [4.78, 5) is 26.4. The molecule has 1 aliphatic rings. The van der Waals surface area contributed by atoms with Gasteiger partial charge >= 0.3 is 0 Å². The normalized spacial score (nSPS) is 16.5. The molecule has 3 rings (SSSR count). The molecular formula is C20H20Cl2N2O3. The van der Waals surface area contributed by atoms with Crippen LogP contribution in [0.4, 0.5) is 0 Å². The molecule has 1 saturated heterocycles. The molecule has 5 nitrogen and oxygen atoms in total. The molecule has 0 spiro atoms. The number of nitrogens with zero attached hydrogens (tertiary/aromatic N) is 1. The Balaban J connectivity index is 1.54. The van der Waals surface area contributed by atoms with Crippen LogP contribution in [0, 0.1) is 5.92 Å². The Kier molecular flexibility index (Phi) is 6.24. The minimum atomic E-state index is -0.349. The van der Waals surface area contributed by atoms with Gasteiger partial charge in [0.2, 0.25) is 11.8 Å². The van der Waals surface area contributed by atoms with E-state index in [4.69, 9.17) is 27.9 Å². The summed E-state index contributed by atoms with van der Waals surface area (Å²) in [6, 6.07) is 12.8. The first kappa shape index (κ1) is 19.5. The highest BCUT2D eigenvalue weighted by atomic mass is 35.5. The quantitative estimate of drug-likeness (QED) is 0.795. The molecule has 1 N–H and O–H groups in total. The van der Waals surface area contributed by atoms with E-state index in [9.17, 15) is 9.59 Å². The van der Waals surface area contributed by atoms with Gasteiger partial charge in [0.25, 0.3) is 0 Å². The minimum absolute atomic E-state index is 0.0134. The molecule has 27 heavy (non-hydrogen) atoms. The summed E-state index contributed by atoms with van der Waals surface area (Å²) in [6.45, 7) is 1.25. The maximum atomic E-state index is 12.4.